The monoisotopic (exact) mass is 207 g/mol. The van der Waals surface area contributed by atoms with Gasteiger partial charge in [-0.2, -0.15) is 5.10 Å². The van der Waals surface area contributed by atoms with Gasteiger partial charge in [0.1, 0.15) is 12.2 Å². The third kappa shape index (κ3) is 3.79. The Hall–Kier alpha value is -1.87. The van der Waals surface area contributed by atoms with E-state index in [1.807, 2.05) is 6.92 Å². The van der Waals surface area contributed by atoms with E-state index < -0.39 is 0 Å². The molecule has 1 amide bonds. The van der Waals surface area contributed by atoms with E-state index >= 15 is 0 Å². The molecular formula is C9H13N5O. The van der Waals surface area contributed by atoms with Crippen LogP contribution in [0.2, 0.25) is 0 Å². The van der Waals surface area contributed by atoms with Crippen LogP contribution < -0.4 is 10.6 Å². The van der Waals surface area contributed by atoms with Crippen molar-refractivity contribution in [3.8, 4) is 12.3 Å². The Labute approximate surface area is 87.9 Å². The second-order valence-electron chi connectivity index (χ2n) is 2.97. The number of carbonyl (C=O) groups is 1. The van der Waals surface area contributed by atoms with Crippen molar-refractivity contribution in [2.45, 2.75) is 13.0 Å². The van der Waals surface area contributed by atoms with Crippen molar-refractivity contribution < 1.29 is 4.79 Å². The number of hydrogen-bond acceptors (Lipinski definition) is 4. The summed E-state index contributed by atoms with van der Waals surface area (Å²) >= 11 is 0. The quantitative estimate of drug-likeness (QED) is 0.436. The smallest absolute Gasteiger partial charge is 0.234 e. The summed E-state index contributed by atoms with van der Waals surface area (Å²) in [5, 5.41) is 11.9. The van der Waals surface area contributed by atoms with E-state index in [4.69, 9.17) is 6.42 Å². The molecule has 15 heavy (non-hydrogen) atoms. The molecule has 6 heteroatoms. The van der Waals surface area contributed by atoms with Crippen LogP contribution in [0.4, 0.5) is 0 Å². The Kier molecular flexibility index (Phi) is 4.31. The molecule has 1 unspecified atom stereocenters. The molecule has 0 aliphatic heterocycles. The van der Waals surface area contributed by atoms with E-state index in [1.54, 1.807) is 0 Å². The Morgan fingerprint density at radius 3 is 3.20 bits per heavy atom. The van der Waals surface area contributed by atoms with Gasteiger partial charge in [-0.05, 0) is 6.92 Å². The van der Waals surface area contributed by atoms with Crippen LogP contribution in [-0.2, 0) is 4.79 Å². The number of amides is 1. The van der Waals surface area contributed by atoms with Gasteiger partial charge >= 0.3 is 0 Å². The third-order valence-corrected chi connectivity index (χ3v) is 1.73. The SMILES string of the molecule is C#CCNCC(=O)NC(C)c1ncn[nH]1. The molecule has 80 valence electrons. The zero-order valence-electron chi connectivity index (χ0n) is 8.45. The molecule has 0 saturated carbocycles. The van der Waals surface area contributed by atoms with Gasteiger partial charge in [-0.3, -0.25) is 15.2 Å². The van der Waals surface area contributed by atoms with Crippen molar-refractivity contribution >= 4 is 5.91 Å². The molecule has 1 rings (SSSR count). The number of aromatic nitrogens is 3. The Balaban J connectivity index is 2.29. The Morgan fingerprint density at radius 1 is 1.80 bits per heavy atom. The maximum atomic E-state index is 11.3. The normalized spacial score (nSPS) is 11.7. The number of aromatic amines is 1. The van der Waals surface area contributed by atoms with E-state index in [2.05, 4.69) is 31.7 Å². The van der Waals surface area contributed by atoms with Crippen LogP contribution in [0.3, 0.4) is 0 Å². The fourth-order valence-electron chi connectivity index (χ4n) is 1.03. The molecule has 3 N–H and O–H groups in total. The summed E-state index contributed by atoms with van der Waals surface area (Å²) in [5.74, 6) is 2.88. The molecule has 0 spiro atoms. The molecule has 6 nitrogen and oxygen atoms in total. The Bertz CT molecular complexity index is 340. The van der Waals surface area contributed by atoms with Crippen LogP contribution >= 0.6 is 0 Å². The number of H-pyrrole nitrogens is 1. The fraction of sp³-hybridized carbons (Fsp3) is 0.444. The zero-order valence-corrected chi connectivity index (χ0v) is 8.45. The minimum Gasteiger partial charge on any atom is -0.345 e. The first-order chi connectivity index (χ1) is 7.24. The summed E-state index contributed by atoms with van der Waals surface area (Å²) in [6, 6.07) is -0.187. The summed E-state index contributed by atoms with van der Waals surface area (Å²) in [6.07, 6.45) is 6.42. The lowest BCUT2D eigenvalue weighted by Gasteiger charge is -2.10. The van der Waals surface area contributed by atoms with Crippen molar-refractivity contribution in [2.24, 2.45) is 0 Å². The van der Waals surface area contributed by atoms with E-state index in [1.165, 1.54) is 6.33 Å². The second kappa shape index (κ2) is 5.78. The minimum absolute atomic E-state index is 0.130. The highest BCUT2D eigenvalue weighted by atomic mass is 16.1. The van der Waals surface area contributed by atoms with Gasteiger partial charge in [0, 0.05) is 0 Å². The average molecular weight is 207 g/mol. The maximum absolute atomic E-state index is 11.3. The predicted molar refractivity (Wildman–Crippen MR) is 54.6 cm³/mol. The van der Waals surface area contributed by atoms with Gasteiger partial charge in [-0.25, -0.2) is 4.98 Å². The van der Waals surface area contributed by atoms with Crippen LogP contribution in [0.5, 0.6) is 0 Å². The molecule has 0 saturated heterocycles. The lowest BCUT2D eigenvalue weighted by molar-refractivity contribution is -0.120. The van der Waals surface area contributed by atoms with Gasteiger partial charge in [-0.15, -0.1) is 6.42 Å². The van der Waals surface area contributed by atoms with Crippen molar-refractivity contribution in [3.05, 3.63) is 12.2 Å². The highest BCUT2D eigenvalue weighted by molar-refractivity contribution is 5.78. The van der Waals surface area contributed by atoms with Crippen molar-refractivity contribution in [3.63, 3.8) is 0 Å². The van der Waals surface area contributed by atoms with Gasteiger partial charge in [0.05, 0.1) is 19.1 Å². The summed E-state index contributed by atoms with van der Waals surface area (Å²) in [4.78, 5) is 15.3. The number of carbonyl (C=O) groups excluding carboxylic acids is 1. The predicted octanol–water partition coefficient (Wildman–Crippen LogP) is -0.795. The summed E-state index contributed by atoms with van der Waals surface area (Å²) in [6.45, 7) is 2.40. The zero-order chi connectivity index (χ0) is 11.1. The van der Waals surface area contributed by atoms with Crippen molar-refractivity contribution in [1.82, 2.24) is 25.8 Å². The minimum atomic E-state index is -0.187. The lowest BCUT2D eigenvalue weighted by Crippen LogP contribution is -2.35. The van der Waals surface area contributed by atoms with E-state index in [0.29, 0.717) is 12.4 Å². The van der Waals surface area contributed by atoms with Crippen LogP contribution in [0, 0.1) is 12.3 Å². The second-order valence-corrected chi connectivity index (χ2v) is 2.97. The molecule has 1 aromatic rings. The third-order valence-electron chi connectivity index (χ3n) is 1.73. The van der Waals surface area contributed by atoms with E-state index in [-0.39, 0.29) is 18.5 Å². The number of nitrogens with zero attached hydrogens (tertiary/aromatic N) is 2. The molecule has 0 fully saturated rings. The van der Waals surface area contributed by atoms with Gasteiger partial charge in [-0.1, -0.05) is 5.92 Å². The molecule has 1 heterocycles. The highest BCUT2D eigenvalue weighted by Gasteiger charge is 2.10. The van der Waals surface area contributed by atoms with Crippen molar-refractivity contribution in [2.75, 3.05) is 13.1 Å². The molecule has 0 radical (unpaired) electrons. The maximum Gasteiger partial charge on any atom is 0.234 e. The van der Waals surface area contributed by atoms with Crippen LogP contribution in [0.1, 0.15) is 18.8 Å². The van der Waals surface area contributed by atoms with Gasteiger partial charge in [0.15, 0.2) is 0 Å². The first-order valence-corrected chi connectivity index (χ1v) is 4.53. The van der Waals surface area contributed by atoms with Crippen LogP contribution in [0.15, 0.2) is 6.33 Å². The van der Waals surface area contributed by atoms with E-state index in [9.17, 15) is 4.79 Å². The molecule has 1 atom stereocenters. The number of nitrogens with one attached hydrogen (secondary N) is 3. The number of terminal acetylenes is 1. The summed E-state index contributed by atoms with van der Waals surface area (Å²) in [5.41, 5.74) is 0. The first kappa shape index (κ1) is 11.2. The van der Waals surface area contributed by atoms with Crippen LogP contribution in [-0.4, -0.2) is 34.2 Å². The molecule has 0 aromatic carbocycles. The molecule has 0 aliphatic rings. The van der Waals surface area contributed by atoms with Gasteiger partial charge in [0.25, 0.3) is 0 Å². The van der Waals surface area contributed by atoms with Crippen LogP contribution in [0.25, 0.3) is 0 Å². The first-order valence-electron chi connectivity index (χ1n) is 4.53. The lowest BCUT2D eigenvalue weighted by atomic mass is 10.3. The number of hydrogen-bond donors (Lipinski definition) is 3. The molecule has 0 aliphatic carbocycles. The van der Waals surface area contributed by atoms with Gasteiger partial charge in [0.2, 0.25) is 5.91 Å². The molecular weight excluding hydrogens is 194 g/mol. The summed E-state index contributed by atoms with van der Waals surface area (Å²) in [7, 11) is 0. The average Bonchev–Trinajstić information content (AvgIpc) is 2.70. The largest absolute Gasteiger partial charge is 0.345 e. The van der Waals surface area contributed by atoms with Gasteiger partial charge < -0.3 is 5.32 Å². The standard InChI is InChI=1S/C9H13N5O/c1-3-4-10-5-8(15)13-7(2)9-11-6-12-14-9/h1,6-7,10H,4-5H2,2H3,(H,13,15)(H,11,12,14). The molecule has 1 aromatic heterocycles. The fourth-order valence-corrected chi connectivity index (χ4v) is 1.03. The number of rotatable bonds is 5. The van der Waals surface area contributed by atoms with E-state index in [0.717, 1.165) is 0 Å². The highest BCUT2D eigenvalue weighted by Crippen LogP contribution is 2.02. The summed E-state index contributed by atoms with van der Waals surface area (Å²) < 4.78 is 0. The van der Waals surface area contributed by atoms with Crippen molar-refractivity contribution in [1.29, 1.82) is 0 Å². The topological polar surface area (TPSA) is 82.7 Å². The Morgan fingerprint density at radius 2 is 2.60 bits per heavy atom. The molecule has 0 bridgehead atoms.